The maximum atomic E-state index is 6.18. The molecule has 0 unspecified atom stereocenters. The average molecular weight is 376 g/mol. The number of nitrogens with zero attached hydrogens (tertiary/aromatic N) is 1. The Morgan fingerprint density at radius 1 is 1.04 bits per heavy atom. The Hall–Kier alpha value is -2.24. The van der Waals surface area contributed by atoms with Gasteiger partial charge in [0.15, 0.2) is 5.96 Å². The lowest BCUT2D eigenvalue weighted by molar-refractivity contribution is 0.146. The highest BCUT2D eigenvalue weighted by Gasteiger charge is 2.02. The zero-order chi connectivity index (χ0) is 18.6. The lowest BCUT2D eigenvalue weighted by Crippen LogP contribution is -2.37. The molecule has 140 valence electrons. The maximum Gasteiger partial charge on any atom is 0.191 e. The van der Waals surface area contributed by atoms with Gasteiger partial charge in [0, 0.05) is 32.3 Å². The summed E-state index contributed by atoms with van der Waals surface area (Å²) < 4.78 is 10.5. The number of guanidine groups is 1. The van der Waals surface area contributed by atoms with E-state index in [2.05, 4.69) is 15.6 Å². The second kappa shape index (κ2) is 11.4. The van der Waals surface area contributed by atoms with Crippen LogP contribution in [0.1, 0.15) is 11.1 Å². The van der Waals surface area contributed by atoms with Crippen molar-refractivity contribution in [3.63, 3.8) is 0 Å². The minimum Gasteiger partial charge on any atom is -0.491 e. The van der Waals surface area contributed by atoms with E-state index in [-0.39, 0.29) is 0 Å². The molecule has 0 aliphatic carbocycles. The highest BCUT2D eigenvalue weighted by Crippen LogP contribution is 2.15. The summed E-state index contributed by atoms with van der Waals surface area (Å²) in [6.45, 7) is 2.58. The normalized spacial score (nSPS) is 11.3. The molecule has 0 heterocycles. The minimum atomic E-state index is 0.552. The molecule has 0 spiro atoms. The van der Waals surface area contributed by atoms with Crippen LogP contribution in [0.25, 0.3) is 0 Å². The van der Waals surface area contributed by atoms with Crippen molar-refractivity contribution in [3.8, 4) is 5.75 Å². The summed E-state index contributed by atoms with van der Waals surface area (Å²) >= 11 is 6.18. The summed E-state index contributed by atoms with van der Waals surface area (Å²) in [5.74, 6) is 1.60. The maximum absolute atomic E-state index is 6.18. The number of methoxy groups -OCH3 is 1. The van der Waals surface area contributed by atoms with E-state index < -0.39 is 0 Å². The lowest BCUT2D eigenvalue weighted by atomic mass is 10.1. The second-order valence-corrected chi connectivity index (χ2v) is 6.09. The Bertz CT molecular complexity index is 690. The molecule has 0 radical (unpaired) electrons. The Balaban J connectivity index is 1.73. The molecule has 5 nitrogen and oxygen atoms in total. The average Bonchev–Trinajstić information content (AvgIpc) is 2.67. The van der Waals surface area contributed by atoms with E-state index in [0.29, 0.717) is 19.8 Å². The van der Waals surface area contributed by atoms with Crippen molar-refractivity contribution in [2.75, 3.05) is 33.9 Å². The molecule has 2 rings (SSSR count). The van der Waals surface area contributed by atoms with Crippen molar-refractivity contribution in [1.82, 2.24) is 10.6 Å². The smallest absolute Gasteiger partial charge is 0.191 e. The Morgan fingerprint density at radius 3 is 2.50 bits per heavy atom. The predicted molar refractivity (Wildman–Crippen MR) is 107 cm³/mol. The lowest BCUT2D eigenvalue weighted by Gasteiger charge is -2.13. The summed E-state index contributed by atoms with van der Waals surface area (Å²) in [4.78, 5) is 4.25. The minimum absolute atomic E-state index is 0.552. The van der Waals surface area contributed by atoms with Crippen LogP contribution >= 0.6 is 11.6 Å². The number of nitrogens with one attached hydrogen (secondary N) is 2. The van der Waals surface area contributed by atoms with Crippen molar-refractivity contribution in [2.24, 2.45) is 4.99 Å². The molecule has 0 bridgehead atoms. The monoisotopic (exact) mass is 375 g/mol. The molecule has 0 aliphatic rings. The largest absolute Gasteiger partial charge is 0.491 e. The third-order valence-corrected chi connectivity index (χ3v) is 4.18. The Morgan fingerprint density at radius 2 is 1.81 bits per heavy atom. The number of benzene rings is 2. The van der Waals surface area contributed by atoms with Crippen LogP contribution in [0.2, 0.25) is 5.02 Å². The van der Waals surface area contributed by atoms with E-state index in [9.17, 15) is 0 Å². The first-order valence-electron chi connectivity index (χ1n) is 8.61. The molecular weight excluding hydrogens is 350 g/mol. The van der Waals surface area contributed by atoms with Gasteiger partial charge < -0.3 is 20.1 Å². The summed E-state index contributed by atoms with van der Waals surface area (Å²) in [7, 11) is 3.42. The molecule has 0 aromatic heterocycles. The topological polar surface area (TPSA) is 54.9 Å². The number of hydrogen-bond acceptors (Lipinski definition) is 3. The first kappa shape index (κ1) is 20.1. The van der Waals surface area contributed by atoms with Crippen LogP contribution < -0.4 is 15.4 Å². The molecule has 0 atom stereocenters. The standard InChI is InChI=1S/C20H26ClN3O2/c1-22-20(23-12-11-17-5-3-4-6-19(17)21)24-15-16-7-9-18(10-8-16)26-14-13-25-2/h3-10H,11-15H2,1-2H3,(H2,22,23,24). The van der Waals surface area contributed by atoms with E-state index in [1.54, 1.807) is 14.2 Å². The van der Waals surface area contributed by atoms with E-state index in [4.69, 9.17) is 21.1 Å². The predicted octanol–water partition coefficient (Wildman–Crippen LogP) is 3.27. The summed E-state index contributed by atoms with van der Waals surface area (Å²) in [6.07, 6.45) is 0.841. The number of hydrogen-bond donors (Lipinski definition) is 2. The zero-order valence-corrected chi connectivity index (χ0v) is 16.1. The van der Waals surface area contributed by atoms with Gasteiger partial charge in [-0.3, -0.25) is 4.99 Å². The molecule has 0 amide bonds. The van der Waals surface area contributed by atoms with Crippen LogP contribution in [0.4, 0.5) is 0 Å². The van der Waals surface area contributed by atoms with Gasteiger partial charge in [0.25, 0.3) is 0 Å². The molecule has 2 N–H and O–H groups in total. The van der Waals surface area contributed by atoms with Crippen LogP contribution in [-0.4, -0.2) is 39.9 Å². The van der Waals surface area contributed by atoms with Gasteiger partial charge in [-0.05, 0) is 35.7 Å². The fraction of sp³-hybridized carbons (Fsp3) is 0.350. The van der Waals surface area contributed by atoms with Gasteiger partial charge in [-0.2, -0.15) is 0 Å². The third kappa shape index (κ3) is 6.94. The van der Waals surface area contributed by atoms with Gasteiger partial charge in [-0.15, -0.1) is 0 Å². The Labute approximate surface area is 160 Å². The molecule has 26 heavy (non-hydrogen) atoms. The molecule has 2 aromatic carbocycles. The summed E-state index contributed by atoms with van der Waals surface area (Å²) in [5, 5.41) is 7.40. The molecule has 2 aromatic rings. The van der Waals surface area contributed by atoms with E-state index in [0.717, 1.165) is 40.8 Å². The van der Waals surface area contributed by atoms with Crippen LogP contribution in [0.5, 0.6) is 5.75 Å². The summed E-state index contributed by atoms with van der Waals surface area (Å²) in [5.41, 5.74) is 2.28. The number of rotatable bonds is 9. The van der Waals surface area contributed by atoms with Gasteiger partial charge in [-0.25, -0.2) is 0 Å². The molecule has 0 fully saturated rings. The molecule has 0 saturated carbocycles. The molecule has 0 aliphatic heterocycles. The number of halogens is 1. The number of aliphatic imine (C=N–C) groups is 1. The van der Waals surface area contributed by atoms with Gasteiger partial charge in [0.1, 0.15) is 12.4 Å². The van der Waals surface area contributed by atoms with Gasteiger partial charge >= 0.3 is 0 Å². The quantitative estimate of drug-likeness (QED) is 0.401. The van der Waals surface area contributed by atoms with Crippen LogP contribution in [0, 0.1) is 0 Å². The highest BCUT2D eigenvalue weighted by molar-refractivity contribution is 6.31. The Kier molecular flexibility index (Phi) is 8.79. The first-order valence-corrected chi connectivity index (χ1v) is 8.99. The fourth-order valence-electron chi connectivity index (χ4n) is 2.37. The molecule has 6 heteroatoms. The first-order chi connectivity index (χ1) is 12.7. The van der Waals surface area contributed by atoms with E-state index in [1.165, 1.54) is 0 Å². The van der Waals surface area contributed by atoms with Crippen molar-refractivity contribution < 1.29 is 9.47 Å². The van der Waals surface area contributed by atoms with E-state index in [1.807, 2.05) is 48.5 Å². The second-order valence-electron chi connectivity index (χ2n) is 5.68. The van der Waals surface area contributed by atoms with E-state index >= 15 is 0 Å². The zero-order valence-electron chi connectivity index (χ0n) is 15.3. The van der Waals surface area contributed by atoms with Gasteiger partial charge in [0.05, 0.1) is 6.61 Å². The summed E-state index contributed by atoms with van der Waals surface area (Å²) in [6, 6.07) is 15.9. The molecular formula is C20H26ClN3O2. The van der Waals surface area contributed by atoms with Crippen molar-refractivity contribution in [1.29, 1.82) is 0 Å². The van der Waals surface area contributed by atoms with Gasteiger partial charge in [0.2, 0.25) is 0 Å². The number of ether oxygens (including phenoxy) is 2. The highest BCUT2D eigenvalue weighted by atomic mass is 35.5. The van der Waals surface area contributed by atoms with Crippen molar-refractivity contribution in [3.05, 3.63) is 64.7 Å². The van der Waals surface area contributed by atoms with Crippen LogP contribution in [0.3, 0.4) is 0 Å². The molecule has 0 saturated heterocycles. The van der Waals surface area contributed by atoms with Crippen molar-refractivity contribution in [2.45, 2.75) is 13.0 Å². The van der Waals surface area contributed by atoms with Crippen LogP contribution in [-0.2, 0) is 17.7 Å². The van der Waals surface area contributed by atoms with Gasteiger partial charge in [-0.1, -0.05) is 41.9 Å². The SMILES string of the molecule is CN=C(NCCc1ccccc1Cl)NCc1ccc(OCCOC)cc1. The fourth-order valence-corrected chi connectivity index (χ4v) is 2.60. The van der Waals surface area contributed by atoms with Crippen molar-refractivity contribution >= 4 is 17.6 Å². The third-order valence-electron chi connectivity index (χ3n) is 3.81. The van der Waals surface area contributed by atoms with Crippen LogP contribution in [0.15, 0.2) is 53.5 Å².